The van der Waals surface area contributed by atoms with Crippen molar-refractivity contribution in [3.63, 3.8) is 0 Å². The van der Waals surface area contributed by atoms with Gasteiger partial charge in [0.1, 0.15) is 11.6 Å². The number of nitrogens with two attached hydrogens (primary N) is 1. The number of nitrogens with zero attached hydrogens (tertiary/aromatic N) is 2. The first-order valence-electron chi connectivity index (χ1n) is 4.61. The number of hydrogen-bond acceptors (Lipinski definition) is 5. The van der Waals surface area contributed by atoms with E-state index >= 15 is 0 Å². The molecule has 1 aromatic heterocycles. The lowest BCUT2D eigenvalue weighted by Crippen LogP contribution is -2.14. The van der Waals surface area contributed by atoms with Crippen LogP contribution in [0.3, 0.4) is 0 Å². The molecule has 1 aliphatic carbocycles. The summed E-state index contributed by atoms with van der Waals surface area (Å²) in [6, 6.07) is 2.39. The normalized spacial score (nSPS) is 24.5. The fourth-order valence-electron chi connectivity index (χ4n) is 1.29. The van der Waals surface area contributed by atoms with Crippen molar-refractivity contribution in [2.45, 2.75) is 25.4 Å². The molecule has 0 bridgehead atoms. The highest BCUT2D eigenvalue weighted by Gasteiger charge is 2.33. The topological polar surface area (TPSA) is 73.1 Å². The van der Waals surface area contributed by atoms with Gasteiger partial charge in [-0.25, -0.2) is 4.98 Å². The van der Waals surface area contributed by atoms with Gasteiger partial charge in [0.25, 0.3) is 0 Å². The Balaban J connectivity index is 2.12. The van der Waals surface area contributed by atoms with Gasteiger partial charge in [0.2, 0.25) is 5.88 Å². The zero-order valence-electron chi connectivity index (χ0n) is 8.32. The molecule has 14 heavy (non-hydrogen) atoms. The second-order valence-corrected chi connectivity index (χ2v) is 3.49. The minimum absolute atomic E-state index is 0.260. The minimum atomic E-state index is 0.260. The molecule has 5 nitrogen and oxygen atoms in total. The summed E-state index contributed by atoms with van der Waals surface area (Å²) in [5.41, 5.74) is 5.69. The molecule has 2 atom stereocenters. The number of aryl methyl sites for hydroxylation is 1. The van der Waals surface area contributed by atoms with E-state index in [1.54, 1.807) is 13.2 Å². The number of rotatable bonds is 3. The first-order valence-corrected chi connectivity index (χ1v) is 4.61. The molecular weight excluding hydrogens is 180 g/mol. The molecule has 1 saturated carbocycles. The van der Waals surface area contributed by atoms with Crippen LogP contribution < -0.4 is 15.8 Å². The third kappa shape index (κ3) is 1.93. The molecule has 2 rings (SSSR count). The molecule has 0 saturated heterocycles. The van der Waals surface area contributed by atoms with E-state index in [0.717, 1.165) is 12.2 Å². The molecule has 0 amide bonds. The standard InChI is InChI=1S/C9H14N4O/c1-5-11-8(4-9(12-5)14-2)13-7-3-6(7)10/h4,6-7H,3,10H2,1-2H3,(H,11,12,13). The summed E-state index contributed by atoms with van der Waals surface area (Å²) in [5, 5.41) is 3.23. The molecule has 5 heteroatoms. The lowest BCUT2D eigenvalue weighted by Gasteiger charge is -2.06. The van der Waals surface area contributed by atoms with Gasteiger partial charge in [-0.05, 0) is 13.3 Å². The molecule has 3 N–H and O–H groups in total. The summed E-state index contributed by atoms with van der Waals surface area (Å²) in [5.74, 6) is 2.06. The van der Waals surface area contributed by atoms with Crippen LogP contribution in [0.25, 0.3) is 0 Å². The van der Waals surface area contributed by atoms with E-state index in [2.05, 4.69) is 15.3 Å². The van der Waals surface area contributed by atoms with E-state index in [1.807, 2.05) is 6.92 Å². The van der Waals surface area contributed by atoms with Crippen LogP contribution in [-0.4, -0.2) is 29.2 Å². The highest BCUT2D eigenvalue weighted by molar-refractivity contribution is 5.41. The van der Waals surface area contributed by atoms with Crippen LogP contribution in [0.1, 0.15) is 12.2 Å². The van der Waals surface area contributed by atoms with Gasteiger partial charge in [-0.15, -0.1) is 0 Å². The number of anilines is 1. The van der Waals surface area contributed by atoms with Gasteiger partial charge in [-0.2, -0.15) is 4.98 Å². The van der Waals surface area contributed by atoms with Gasteiger partial charge >= 0.3 is 0 Å². The Kier molecular flexibility index (Phi) is 2.25. The molecule has 0 radical (unpaired) electrons. The fraction of sp³-hybridized carbons (Fsp3) is 0.556. The van der Waals surface area contributed by atoms with Gasteiger partial charge in [0.15, 0.2) is 0 Å². The fourth-order valence-corrected chi connectivity index (χ4v) is 1.29. The second-order valence-electron chi connectivity index (χ2n) is 3.49. The maximum atomic E-state index is 5.69. The predicted octanol–water partition coefficient (Wildman–Crippen LogP) is 0.305. The number of hydrogen-bond donors (Lipinski definition) is 2. The molecule has 1 fully saturated rings. The third-order valence-electron chi connectivity index (χ3n) is 2.20. The minimum Gasteiger partial charge on any atom is -0.481 e. The van der Waals surface area contributed by atoms with Crippen LogP contribution in [0.2, 0.25) is 0 Å². The first-order chi connectivity index (χ1) is 6.69. The number of aromatic nitrogens is 2. The number of nitrogens with one attached hydrogen (secondary N) is 1. The Hall–Kier alpha value is -1.36. The summed E-state index contributed by atoms with van der Waals surface area (Å²) in [6.45, 7) is 1.83. The van der Waals surface area contributed by atoms with Gasteiger partial charge < -0.3 is 15.8 Å². The lowest BCUT2D eigenvalue weighted by atomic mass is 10.5. The van der Waals surface area contributed by atoms with Crippen molar-refractivity contribution in [3.8, 4) is 5.88 Å². The van der Waals surface area contributed by atoms with Crippen LogP contribution in [0.4, 0.5) is 5.82 Å². The second kappa shape index (κ2) is 3.42. The van der Waals surface area contributed by atoms with E-state index in [4.69, 9.17) is 10.5 Å². The number of methoxy groups -OCH3 is 1. The predicted molar refractivity (Wildman–Crippen MR) is 53.3 cm³/mol. The SMILES string of the molecule is COc1cc(NC2CC2N)nc(C)n1. The maximum absolute atomic E-state index is 5.69. The quantitative estimate of drug-likeness (QED) is 0.724. The molecular formula is C9H14N4O. The van der Waals surface area contributed by atoms with Crippen LogP contribution in [0.5, 0.6) is 5.88 Å². The van der Waals surface area contributed by atoms with Crippen LogP contribution >= 0.6 is 0 Å². The molecule has 1 aliphatic rings. The van der Waals surface area contributed by atoms with Crippen molar-refractivity contribution >= 4 is 5.82 Å². The average Bonchev–Trinajstić information content (AvgIpc) is 2.80. The molecule has 2 unspecified atom stereocenters. The van der Waals surface area contributed by atoms with E-state index in [-0.39, 0.29) is 6.04 Å². The van der Waals surface area contributed by atoms with Crippen LogP contribution in [0, 0.1) is 6.92 Å². The highest BCUT2D eigenvalue weighted by atomic mass is 16.5. The van der Waals surface area contributed by atoms with Crippen molar-refractivity contribution in [2.75, 3.05) is 12.4 Å². The van der Waals surface area contributed by atoms with E-state index in [0.29, 0.717) is 17.7 Å². The zero-order chi connectivity index (χ0) is 10.1. The van der Waals surface area contributed by atoms with Crippen molar-refractivity contribution in [3.05, 3.63) is 11.9 Å². The Morgan fingerprint density at radius 2 is 2.29 bits per heavy atom. The third-order valence-corrected chi connectivity index (χ3v) is 2.20. The molecule has 1 aromatic rings. The molecule has 0 spiro atoms. The van der Waals surface area contributed by atoms with Gasteiger partial charge in [0.05, 0.1) is 7.11 Å². The Labute approximate surface area is 82.7 Å². The smallest absolute Gasteiger partial charge is 0.218 e. The van der Waals surface area contributed by atoms with E-state index < -0.39 is 0 Å². The summed E-state index contributed by atoms with van der Waals surface area (Å²) < 4.78 is 5.04. The van der Waals surface area contributed by atoms with E-state index in [9.17, 15) is 0 Å². The Morgan fingerprint density at radius 1 is 1.57 bits per heavy atom. The van der Waals surface area contributed by atoms with Crippen molar-refractivity contribution in [1.29, 1.82) is 0 Å². The summed E-state index contributed by atoms with van der Waals surface area (Å²) >= 11 is 0. The van der Waals surface area contributed by atoms with Crippen molar-refractivity contribution in [1.82, 2.24) is 9.97 Å². The average molecular weight is 194 g/mol. The van der Waals surface area contributed by atoms with E-state index in [1.165, 1.54) is 0 Å². The summed E-state index contributed by atoms with van der Waals surface area (Å²) in [6.07, 6.45) is 1.01. The van der Waals surface area contributed by atoms with Gasteiger partial charge in [-0.1, -0.05) is 0 Å². The first kappa shape index (κ1) is 9.21. The Morgan fingerprint density at radius 3 is 2.86 bits per heavy atom. The van der Waals surface area contributed by atoms with Crippen LogP contribution in [-0.2, 0) is 0 Å². The highest BCUT2D eigenvalue weighted by Crippen LogP contribution is 2.24. The molecule has 0 aliphatic heterocycles. The van der Waals surface area contributed by atoms with Crippen LogP contribution in [0.15, 0.2) is 6.07 Å². The van der Waals surface area contributed by atoms with Crippen molar-refractivity contribution < 1.29 is 4.74 Å². The largest absolute Gasteiger partial charge is 0.481 e. The zero-order valence-corrected chi connectivity index (χ0v) is 8.32. The maximum Gasteiger partial charge on any atom is 0.218 e. The van der Waals surface area contributed by atoms with Gasteiger partial charge in [0, 0.05) is 18.2 Å². The Bertz CT molecular complexity index is 342. The number of ether oxygens (including phenoxy) is 1. The van der Waals surface area contributed by atoms with Gasteiger partial charge in [-0.3, -0.25) is 0 Å². The summed E-state index contributed by atoms with van der Waals surface area (Å²) in [4.78, 5) is 8.33. The monoisotopic (exact) mass is 194 g/mol. The molecule has 0 aromatic carbocycles. The molecule has 76 valence electrons. The lowest BCUT2D eigenvalue weighted by molar-refractivity contribution is 0.396. The molecule has 1 heterocycles. The summed E-state index contributed by atoms with van der Waals surface area (Å²) in [7, 11) is 1.59. The van der Waals surface area contributed by atoms with Crippen molar-refractivity contribution in [2.24, 2.45) is 5.73 Å².